The highest BCUT2D eigenvalue weighted by molar-refractivity contribution is 7.23. The summed E-state index contributed by atoms with van der Waals surface area (Å²) in [7, 11) is -8.80. The number of para-hydroxylation sites is 4. The van der Waals surface area contributed by atoms with E-state index in [0.29, 0.717) is 0 Å². The Balaban J connectivity index is 0.804. The van der Waals surface area contributed by atoms with Gasteiger partial charge in [0.2, 0.25) is 0 Å². The van der Waals surface area contributed by atoms with Gasteiger partial charge in [-0.3, -0.25) is 0 Å². The van der Waals surface area contributed by atoms with Crippen LogP contribution in [0.2, 0.25) is 0 Å². The number of benzene rings is 15. The molecule has 0 radical (unpaired) electrons. The van der Waals surface area contributed by atoms with Gasteiger partial charge in [0.15, 0.2) is 24.2 Å². The van der Waals surface area contributed by atoms with Crippen molar-refractivity contribution in [2.45, 2.75) is 13.8 Å². The predicted octanol–water partition coefficient (Wildman–Crippen LogP) is 12.5. The SMILES string of the molecule is Cc1ccc2c(c1)[Si](c1ccccc1)(c1ccccc1)c1cc(C)ccc1N2c1cc2c3c(c1)Oc1cc(N4c5ccccc5[Si](c5ccccc5)(c5ccccc5)c5ccccc54)ccc1B3c1ccc(N3c4ccccc4[Si](c4ccccc4)(c4ccccc4)c4ccccc43)cc1O2. The average Bonchev–Trinajstić information content (AvgIpc) is 0.703. The molecule has 20 rings (SSSR count). The highest BCUT2D eigenvalue weighted by Crippen LogP contribution is 2.48. The van der Waals surface area contributed by atoms with Gasteiger partial charge in [0.1, 0.15) is 23.0 Å². The minimum atomic E-state index is -3.01. The van der Waals surface area contributed by atoms with E-state index in [4.69, 9.17) is 9.47 Å². The van der Waals surface area contributed by atoms with E-state index < -0.39 is 24.2 Å². The lowest BCUT2D eigenvalue weighted by atomic mass is 9.35. The Morgan fingerprint density at radius 3 is 0.802 bits per heavy atom. The molecule has 0 fully saturated rings. The number of ether oxygens (including phenoxy) is 2. The summed E-state index contributed by atoms with van der Waals surface area (Å²) in [5.41, 5.74) is 15.6. The zero-order chi connectivity index (χ0) is 67.0. The van der Waals surface area contributed by atoms with Crippen LogP contribution in [0.25, 0.3) is 0 Å². The van der Waals surface area contributed by atoms with Gasteiger partial charge in [0.05, 0.1) is 5.69 Å². The van der Waals surface area contributed by atoms with Crippen LogP contribution in [-0.2, 0) is 0 Å². The van der Waals surface area contributed by atoms with Crippen molar-refractivity contribution in [1.29, 1.82) is 0 Å². The van der Waals surface area contributed by atoms with Crippen molar-refractivity contribution in [3.8, 4) is 23.0 Å². The molecule has 5 aliphatic rings. The molecular weight excluding hydrogens is 1270 g/mol. The predicted molar refractivity (Wildman–Crippen MR) is 429 cm³/mol. The first-order chi connectivity index (χ1) is 49.9. The Kier molecular flexibility index (Phi) is 13.5. The molecule has 0 aliphatic carbocycles. The molecule has 0 spiro atoms. The Hall–Kier alpha value is -12.0. The first-order valence-corrected chi connectivity index (χ1v) is 41.1. The molecule has 0 N–H and O–H groups in total. The van der Waals surface area contributed by atoms with E-state index in [-0.39, 0.29) is 6.71 Å². The summed E-state index contributed by atoms with van der Waals surface area (Å²) in [6.45, 7) is 4.23. The third-order valence-electron chi connectivity index (χ3n) is 22.2. The first-order valence-electron chi connectivity index (χ1n) is 35.1. The van der Waals surface area contributed by atoms with Crippen LogP contribution >= 0.6 is 0 Å². The topological polar surface area (TPSA) is 28.2 Å². The van der Waals surface area contributed by atoms with Crippen molar-refractivity contribution in [2.24, 2.45) is 0 Å². The summed E-state index contributed by atoms with van der Waals surface area (Å²) < 4.78 is 15.4. The maximum atomic E-state index is 7.72. The molecule has 0 amide bonds. The molecule has 0 unspecified atom stereocenters. The highest BCUT2D eigenvalue weighted by atomic mass is 28.3. The fourth-order valence-electron chi connectivity index (χ4n) is 18.3. The molecular formula is C92H66BN3O2Si3. The van der Waals surface area contributed by atoms with Crippen molar-refractivity contribution in [3.63, 3.8) is 0 Å². The zero-order valence-electron chi connectivity index (χ0n) is 55.9. The van der Waals surface area contributed by atoms with Gasteiger partial charge in [0.25, 0.3) is 6.71 Å². The van der Waals surface area contributed by atoms with E-state index in [2.05, 4.69) is 393 Å². The van der Waals surface area contributed by atoms with E-state index in [9.17, 15) is 0 Å². The fraction of sp³-hybridized carbons (Fsp3) is 0.0217. The Morgan fingerprint density at radius 1 is 0.228 bits per heavy atom. The first kappa shape index (κ1) is 59.1. The number of fused-ring (bicyclic) bond motifs is 10. The maximum absolute atomic E-state index is 7.72. The molecule has 0 aromatic heterocycles. The number of hydrogen-bond donors (Lipinski definition) is 0. The van der Waals surface area contributed by atoms with Crippen LogP contribution in [-0.4, -0.2) is 30.9 Å². The molecule has 5 nitrogen and oxygen atoms in total. The summed E-state index contributed by atoms with van der Waals surface area (Å²) in [6, 6.07) is 137. The Bertz CT molecular complexity index is 5280. The van der Waals surface area contributed by atoms with E-state index in [0.717, 1.165) is 67.8 Å². The van der Waals surface area contributed by atoms with E-state index in [1.165, 1.54) is 96.1 Å². The maximum Gasteiger partial charge on any atom is 0.260 e. The van der Waals surface area contributed by atoms with E-state index in [1.54, 1.807) is 0 Å². The van der Waals surface area contributed by atoms with E-state index >= 15 is 0 Å². The summed E-state index contributed by atoms with van der Waals surface area (Å²) in [4.78, 5) is 7.50. The average molecular weight is 1340 g/mol. The minimum absolute atomic E-state index is 0.249. The second-order valence-corrected chi connectivity index (χ2v) is 38.7. The summed E-state index contributed by atoms with van der Waals surface area (Å²) in [5, 5.41) is 16.1. The lowest BCUT2D eigenvalue weighted by Gasteiger charge is -2.46. The van der Waals surface area contributed by atoms with Crippen LogP contribution in [0.3, 0.4) is 0 Å². The standard InChI is InChI=1S/C92H66BN3O2Si3/c1-63-49-55-80-90(57-63)101(72-37-17-7-18-38-72,73-39-19-8-20-40-73)91-58-64(2)50-56-81(91)96(80)67-61-84-92-85(62-67)98-83-60-66(95-78-43-23-27-47-88(78)100(70-33-13-5-14-34-70,71-35-15-6-16-36-71)89-48-28-24-44-79(89)95)52-54-75(83)93(92)74-53-51-65(59-82(74)97-84)94-76-41-21-25-45-86(76)99(68-29-9-3-10-30-68,69-31-11-4-12-32-69)87-46-26-22-42-77(87)94/h3-62H,1-2H3. The van der Waals surface area contributed by atoms with Gasteiger partial charge in [-0.2, -0.15) is 0 Å². The molecule has 0 saturated heterocycles. The van der Waals surface area contributed by atoms with Crippen LogP contribution in [0.1, 0.15) is 11.1 Å². The van der Waals surface area contributed by atoms with Crippen molar-refractivity contribution >= 4 is 161 Å². The monoisotopic (exact) mass is 1340 g/mol. The summed E-state index contributed by atoms with van der Waals surface area (Å²) in [6.07, 6.45) is 0. The third-order valence-corrected chi connectivity index (χ3v) is 36.8. The minimum Gasteiger partial charge on any atom is -0.458 e. The van der Waals surface area contributed by atoms with Gasteiger partial charge in [0, 0.05) is 75.2 Å². The van der Waals surface area contributed by atoms with Gasteiger partial charge < -0.3 is 24.2 Å². The van der Waals surface area contributed by atoms with Crippen molar-refractivity contribution in [3.05, 3.63) is 375 Å². The van der Waals surface area contributed by atoms with Gasteiger partial charge in [-0.25, -0.2) is 0 Å². The van der Waals surface area contributed by atoms with Gasteiger partial charge >= 0.3 is 0 Å². The molecule has 0 saturated carbocycles. The molecule has 0 atom stereocenters. The molecule has 15 aromatic carbocycles. The lowest BCUT2D eigenvalue weighted by molar-refractivity contribution is 0.465. The largest absolute Gasteiger partial charge is 0.458 e. The smallest absolute Gasteiger partial charge is 0.260 e. The number of anilines is 9. The van der Waals surface area contributed by atoms with Crippen LogP contribution in [0.5, 0.6) is 23.0 Å². The van der Waals surface area contributed by atoms with Crippen molar-refractivity contribution in [2.75, 3.05) is 14.7 Å². The molecule has 476 valence electrons. The van der Waals surface area contributed by atoms with Gasteiger partial charge in [-0.15, -0.1) is 0 Å². The van der Waals surface area contributed by atoms with Gasteiger partial charge in [-0.1, -0.05) is 302 Å². The number of aryl methyl sites for hydroxylation is 2. The third kappa shape index (κ3) is 8.55. The summed E-state index contributed by atoms with van der Waals surface area (Å²) >= 11 is 0. The number of hydrogen-bond acceptors (Lipinski definition) is 5. The second kappa shape index (κ2) is 23.1. The van der Waals surface area contributed by atoms with Crippen molar-refractivity contribution in [1.82, 2.24) is 0 Å². The molecule has 0 bridgehead atoms. The summed E-state index contributed by atoms with van der Waals surface area (Å²) in [5.74, 6) is 3.15. The second-order valence-electron chi connectivity index (χ2n) is 27.5. The molecule has 101 heavy (non-hydrogen) atoms. The molecule has 5 heterocycles. The Morgan fingerprint density at radius 2 is 0.485 bits per heavy atom. The van der Waals surface area contributed by atoms with Crippen molar-refractivity contribution < 1.29 is 9.47 Å². The quantitative estimate of drug-likeness (QED) is 0.134. The van der Waals surface area contributed by atoms with Crippen LogP contribution in [0.15, 0.2) is 364 Å². The van der Waals surface area contributed by atoms with Crippen LogP contribution in [0, 0.1) is 13.8 Å². The highest BCUT2D eigenvalue weighted by Gasteiger charge is 2.53. The van der Waals surface area contributed by atoms with Crippen LogP contribution < -0.4 is 103 Å². The van der Waals surface area contributed by atoms with E-state index in [1.807, 2.05) is 0 Å². The molecule has 5 aliphatic heterocycles. The lowest BCUT2D eigenvalue weighted by Crippen LogP contribution is -2.77. The number of nitrogens with zero attached hydrogens (tertiary/aromatic N) is 3. The molecule has 9 heteroatoms. The van der Waals surface area contributed by atoms with Crippen LogP contribution in [0.4, 0.5) is 51.2 Å². The van der Waals surface area contributed by atoms with Gasteiger partial charge in [-0.05, 0) is 136 Å². The zero-order valence-corrected chi connectivity index (χ0v) is 58.9. The number of rotatable bonds is 9. The Labute approximate surface area is 592 Å². The normalized spacial score (nSPS) is 14.8. The fourth-order valence-corrected chi connectivity index (χ4v) is 33.8. The molecule has 15 aromatic rings.